The van der Waals surface area contributed by atoms with Crippen LogP contribution < -0.4 is 5.32 Å². The molecule has 9 heteroatoms. The number of carboxylic acids is 1. The largest absolute Gasteiger partial charge is 0.481 e. The molecule has 9 nitrogen and oxygen atoms in total. The van der Waals surface area contributed by atoms with E-state index in [9.17, 15) is 14.7 Å². The number of carbonyl (C=O) groups excluding carboxylic acids is 1. The van der Waals surface area contributed by atoms with Crippen molar-refractivity contribution in [3.63, 3.8) is 0 Å². The van der Waals surface area contributed by atoms with E-state index < -0.39 is 12.3 Å². The summed E-state index contributed by atoms with van der Waals surface area (Å²) in [7, 11) is 1.76. The molecule has 2 saturated heterocycles. The third kappa shape index (κ3) is 9.47. The van der Waals surface area contributed by atoms with Gasteiger partial charge in [-0.3, -0.25) is 14.5 Å². The van der Waals surface area contributed by atoms with Crippen molar-refractivity contribution in [1.29, 1.82) is 0 Å². The van der Waals surface area contributed by atoms with Gasteiger partial charge < -0.3 is 29.7 Å². The minimum absolute atomic E-state index is 0.0100. The van der Waals surface area contributed by atoms with Crippen molar-refractivity contribution in [3.05, 3.63) is 95.1 Å². The predicted octanol–water partition coefficient (Wildman–Crippen LogP) is 5.76. The fraction of sp³-hybridized carbons (Fsp3) is 0.459. The van der Waals surface area contributed by atoms with E-state index in [4.69, 9.17) is 19.3 Å². The zero-order chi connectivity index (χ0) is 32.3. The van der Waals surface area contributed by atoms with Gasteiger partial charge in [0.05, 0.1) is 25.4 Å². The minimum Gasteiger partial charge on any atom is -0.481 e. The zero-order valence-corrected chi connectivity index (χ0v) is 26.6. The summed E-state index contributed by atoms with van der Waals surface area (Å²) in [5.41, 5.74) is 5.99. The van der Waals surface area contributed by atoms with E-state index in [2.05, 4.69) is 46.6 Å². The molecule has 246 valence electrons. The molecule has 2 aliphatic rings. The van der Waals surface area contributed by atoms with Crippen LogP contribution in [-0.2, 0) is 37.0 Å². The highest BCUT2D eigenvalue weighted by molar-refractivity contribution is 5.76. The Hall–Kier alpha value is -3.60. The molecular weight excluding hydrogens is 584 g/mol. The van der Waals surface area contributed by atoms with Gasteiger partial charge in [-0.1, -0.05) is 66.7 Å². The maximum absolute atomic E-state index is 12.2. The van der Waals surface area contributed by atoms with Crippen molar-refractivity contribution in [2.24, 2.45) is 0 Å². The maximum atomic E-state index is 12.2. The molecule has 46 heavy (non-hydrogen) atoms. The number of aliphatic hydroxyl groups is 1. The quantitative estimate of drug-likeness (QED) is 0.182. The van der Waals surface area contributed by atoms with Crippen molar-refractivity contribution >= 4 is 11.9 Å². The van der Waals surface area contributed by atoms with Crippen molar-refractivity contribution in [1.82, 2.24) is 10.2 Å². The summed E-state index contributed by atoms with van der Waals surface area (Å²) >= 11 is 0. The van der Waals surface area contributed by atoms with E-state index in [1.165, 1.54) is 0 Å². The number of carbonyl (C=O) groups is 2. The number of benzene rings is 3. The topological polar surface area (TPSA) is 118 Å². The number of unbranched alkanes of at least 4 members (excludes halogenated alkanes) is 1. The van der Waals surface area contributed by atoms with Crippen LogP contribution in [0.1, 0.15) is 79.6 Å². The number of methoxy groups -OCH3 is 1. The van der Waals surface area contributed by atoms with Crippen LogP contribution in [0.3, 0.4) is 0 Å². The summed E-state index contributed by atoms with van der Waals surface area (Å²) in [5.74, 6) is -0.913. The number of likely N-dealkylation sites (tertiary alicyclic amines) is 1. The molecule has 2 aliphatic heterocycles. The number of hydrogen-bond donors (Lipinski definition) is 3. The van der Waals surface area contributed by atoms with Crippen LogP contribution in [0.2, 0.25) is 0 Å². The second-order valence-corrected chi connectivity index (χ2v) is 12.3. The number of nitrogens with one attached hydrogen (secondary N) is 1. The lowest BCUT2D eigenvalue weighted by Crippen LogP contribution is -2.42. The van der Waals surface area contributed by atoms with Crippen molar-refractivity contribution < 1.29 is 34.0 Å². The van der Waals surface area contributed by atoms with Crippen LogP contribution in [0.25, 0.3) is 11.1 Å². The number of amides is 1. The van der Waals surface area contributed by atoms with Crippen LogP contribution in [-0.4, -0.2) is 65.9 Å². The first-order chi connectivity index (χ1) is 22.4. The van der Waals surface area contributed by atoms with Gasteiger partial charge in [-0.15, -0.1) is 0 Å². The average Bonchev–Trinajstić information content (AvgIpc) is 3.52. The number of nitrogens with zero attached hydrogens (tertiary/aromatic N) is 1. The Morgan fingerprint density at radius 1 is 0.935 bits per heavy atom. The van der Waals surface area contributed by atoms with Crippen molar-refractivity contribution in [2.45, 2.75) is 82.6 Å². The number of ether oxygens (including phenoxy) is 3. The van der Waals surface area contributed by atoms with Gasteiger partial charge in [0, 0.05) is 51.1 Å². The summed E-state index contributed by atoms with van der Waals surface area (Å²) in [6.07, 6.45) is 3.84. The van der Waals surface area contributed by atoms with Gasteiger partial charge in [-0.25, -0.2) is 0 Å². The lowest BCUT2D eigenvalue weighted by atomic mass is 9.98. The fourth-order valence-corrected chi connectivity index (χ4v) is 6.36. The Labute approximate surface area is 271 Å². The second kappa shape index (κ2) is 16.8. The number of aliphatic hydroxyl groups excluding tert-OH is 1. The minimum atomic E-state index is -0.837. The Morgan fingerprint density at radius 3 is 2.43 bits per heavy atom. The van der Waals surface area contributed by atoms with Crippen molar-refractivity contribution in [2.75, 3.05) is 26.8 Å². The van der Waals surface area contributed by atoms with E-state index in [1.807, 2.05) is 36.4 Å². The second-order valence-electron chi connectivity index (χ2n) is 12.3. The normalized spacial score (nSPS) is 21.7. The lowest BCUT2D eigenvalue weighted by molar-refractivity contribution is -0.253. The molecule has 0 bridgehead atoms. The Morgan fingerprint density at radius 2 is 1.70 bits per heavy atom. The van der Waals surface area contributed by atoms with Gasteiger partial charge in [0.25, 0.3) is 0 Å². The molecule has 2 heterocycles. The molecule has 3 aromatic rings. The lowest BCUT2D eigenvalue weighted by Gasteiger charge is -2.38. The van der Waals surface area contributed by atoms with Gasteiger partial charge in [0.1, 0.15) is 0 Å². The Balaban J connectivity index is 1.25. The first-order valence-corrected chi connectivity index (χ1v) is 16.3. The number of carboxylic acid groups (broad SMARTS) is 1. The van der Waals surface area contributed by atoms with Gasteiger partial charge in [-0.2, -0.15) is 0 Å². The first-order valence-electron chi connectivity index (χ1n) is 16.3. The van der Waals surface area contributed by atoms with Crippen LogP contribution in [0.5, 0.6) is 0 Å². The molecule has 0 spiro atoms. The molecule has 4 atom stereocenters. The summed E-state index contributed by atoms with van der Waals surface area (Å²) in [4.78, 5) is 25.4. The van der Waals surface area contributed by atoms with Gasteiger partial charge in [-0.05, 0) is 66.1 Å². The molecule has 0 aliphatic carbocycles. The van der Waals surface area contributed by atoms with Crippen LogP contribution in [0.15, 0.2) is 72.8 Å². The third-order valence-corrected chi connectivity index (χ3v) is 8.89. The predicted molar refractivity (Wildman–Crippen MR) is 175 cm³/mol. The van der Waals surface area contributed by atoms with E-state index in [0.717, 1.165) is 72.3 Å². The van der Waals surface area contributed by atoms with E-state index >= 15 is 0 Å². The fourth-order valence-electron chi connectivity index (χ4n) is 6.36. The Kier molecular flexibility index (Phi) is 12.3. The van der Waals surface area contributed by atoms with Crippen LogP contribution in [0, 0.1) is 0 Å². The molecule has 5 rings (SSSR count). The first kappa shape index (κ1) is 33.8. The summed E-state index contributed by atoms with van der Waals surface area (Å²) in [6, 6.07) is 24.7. The maximum Gasteiger partial charge on any atom is 0.303 e. The molecule has 1 amide bonds. The van der Waals surface area contributed by atoms with Gasteiger partial charge >= 0.3 is 5.97 Å². The third-order valence-electron chi connectivity index (χ3n) is 8.89. The van der Waals surface area contributed by atoms with E-state index in [-0.39, 0.29) is 31.1 Å². The summed E-state index contributed by atoms with van der Waals surface area (Å²) in [6.45, 7) is 3.01. The summed E-state index contributed by atoms with van der Waals surface area (Å²) in [5, 5.41) is 21.2. The monoisotopic (exact) mass is 630 g/mol. The van der Waals surface area contributed by atoms with Crippen LogP contribution in [0.4, 0.5) is 0 Å². The highest BCUT2D eigenvalue weighted by Gasteiger charge is 2.35. The highest BCUT2D eigenvalue weighted by Crippen LogP contribution is 2.39. The number of rotatable bonds is 15. The molecule has 3 N–H and O–H groups in total. The SMILES string of the molecule is COCC1CCCN1CC1CC(c2ccc(CO)cc2)OC(c2ccc(-c3cccc(CNC(=O)CCCCC(=O)O)c3)cc2)O1. The molecule has 0 saturated carbocycles. The summed E-state index contributed by atoms with van der Waals surface area (Å²) < 4.78 is 18.7. The van der Waals surface area contributed by atoms with Gasteiger partial charge in [0.15, 0.2) is 6.29 Å². The molecule has 0 aromatic heterocycles. The van der Waals surface area contributed by atoms with Gasteiger partial charge in [0.2, 0.25) is 5.91 Å². The zero-order valence-electron chi connectivity index (χ0n) is 26.6. The standard InChI is InChI=1S/C37H46N2O7/c1-44-25-32-8-5-19-39(32)23-33-21-34(29-13-11-26(24-40)12-14-29)46-37(45-33)30-17-15-28(16-18-30)31-7-4-6-27(20-31)22-38-35(41)9-2-3-10-36(42)43/h4,6-7,11-18,20,32-34,37,40H,2-3,5,8-10,19,21-25H2,1H3,(H,38,41)(H,42,43). The molecular formula is C37H46N2O7. The Bertz CT molecular complexity index is 1410. The average molecular weight is 631 g/mol. The number of aliphatic carboxylic acids is 1. The molecule has 0 radical (unpaired) electrons. The van der Waals surface area contributed by atoms with Crippen LogP contribution >= 0.6 is 0 Å². The number of hydrogen-bond acceptors (Lipinski definition) is 7. The molecule has 4 unspecified atom stereocenters. The smallest absolute Gasteiger partial charge is 0.303 e. The molecule has 2 fully saturated rings. The van der Waals surface area contributed by atoms with E-state index in [1.54, 1.807) is 7.11 Å². The highest BCUT2D eigenvalue weighted by atomic mass is 16.7. The molecule has 3 aromatic carbocycles. The van der Waals surface area contributed by atoms with Crippen molar-refractivity contribution in [3.8, 4) is 11.1 Å². The van der Waals surface area contributed by atoms with E-state index in [0.29, 0.717) is 31.8 Å².